The molecule has 6 heteroatoms. The molecule has 0 aliphatic rings. The lowest BCUT2D eigenvalue weighted by Gasteiger charge is -2.09. The van der Waals surface area contributed by atoms with Gasteiger partial charge in [0.25, 0.3) is 5.56 Å². The van der Waals surface area contributed by atoms with E-state index in [2.05, 4.69) is 5.32 Å². The van der Waals surface area contributed by atoms with Gasteiger partial charge >= 0.3 is 0 Å². The standard InChI is InChI=1S/C19H16N2O4/c22-17-7-4-12-21(19(17)24)13-18(23)20-14-8-10-16(11-9-14)25-15-5-2-1-3-6-15/h1-12,22H,13H2,(H,20,23). The SMILES string of the molecule is O=C(Cn1cccc(O)c1=O)Nc1ccc(Oc2ccccc2)cc1. The lowest BCUT2D eigenvalue weighted by Crippen LogP contribution is -2.26. The van der Waals surface area contributed by atoms with Crippen molar-refractivity contribution in [3.05, 3.63) is 83.3 Å². The summed E-state index contributed by atoms with van der Waals surface area (Å²) in [5, 5.41) is 12.1. The molecule has 1 amide bonds. The van der Waals surface area contributed by atoms with Crippen molar-refractivity contribution < 1.29 is 14.6 Å². The van der Waals surface area contributed by atoms with Gasteiger partial charge in [0.05, 0.1) is 0 Å². The van der Waals surface area contributed by atoms with Crippen molar-refractivity contribution in [3.63, 3.8) is 0 Å². The Balaban J connectivity index is 1.62. The Kier molecular flexibility index (Phi) is 4.80. The van der Waals surface area contributed by atoms with E-state index in [0.29, 0.717) is 11.4 Å². The number of hydrogen-bond donors (Lipinski definition) is 2. The Morgan fingerprint density at radius 3 is 2.36 bits per heavy atom. The average molecular weight is 336 g/mol. The molecule has 0 atom stereocenters. The van der Waals surface area contributed by atoms with Gasteiger partial charge in [-0.3, -0.25) is 9.59 Å². The van der Waals surface area contributed by atoms with Crippen LogP contribution in [0, 0.1) is 0 Å². The van der Waals surface area contributed by atoms with Crippen molar-refractivity contribution in [1.29, 1.82) is 0 Å². The Morgan fingerprint density at radius 2 is 1.64 bits per heavy atom. The number of pyridine rings is 1. The van der Waals surface area contributed by atoms with Crippen molar-refractivity contribution >= 4 is 11.6 Å². The van der Waals surface area contributed by atoms with Crippen molar-refractivity contribution in [2.24, 2.45) is 0 Å². The normalized spacial score (nSPS) is 10.2. The molecular weight excluding hydrogens is 320 g/mol. The van der Waals surface area contributed by atoms with E-state index in [0.717, 1.165) is 10.3 Å². The van der Waals surface area contributed by atoms with Crippen molar-refractivity contribution in [1.82, 2.24) is 4.57 Å². The molecule has 0 radical (unpaired) electrons. The van der Waals surface area contributed by atoms with Gasteiger partial charge in [-0.25, -0.2) is 0 Å². The van der Waals surface area contributed by atoms with E-state index in [1.165, 1.54) is 18.3 Å². The first-order chi connectivity index (χ1) is 12.1. The third-order valence-corrected chi connectivity index (χ3v) is 3.43. The van der Waals surface area contributed by atoms with Crippen LogP contribution in [0.15, 0.2) is 77.7 Å². The smallest absolute Gasteiger partial charge is 0.293 e. The molecular formula is C19H16N2O4. The molecule has 0 aliphatic heterocycles. The van der Waals surface area contributed by atoms with Gasteiger partial charge in [0.1, 0.15) is 18.0 Å². The number of nitrogens with one attached hydrogen (secondary N) is 1. The molecule has 3 rings (SSSR count). The van der Waals surface area contributed by atoms with Crippen molar-refractivity contribution in [2.75, 3.05) is 5.32 Å². The van der Waals surface area contributed by atoms with E-state index < -0.39 is 11.3 Å². The Bertz CT molecular complexity index is 918. The number of aromatic nitrogens is 1. The highest BCUT2D eigenvalue weighted by molar-refractivity contribution is 5.90. The van der Waals surface area contributed by atoms with Gasteiger partial charge in [0.15, 0.2) is 5.75 Å². The predicted octanol–water partition coefficient (Wildman–Crippen LogP) is 2.98. The third kappa shape index (κ3) is 4.26. The molecule has 0 saturated carbocycles. The number of carbonyl (C=O) groups is 1. The van der Waals surface area contributed by atoms with E-state index in [1.807, 2.05) is 30.3 Å². The molecule has 0 aliphatic carbocycles. The van der Waals surface area contributed by atoms with Crippen LogP contribution >= 0.6 is 0 Å². The summed E-state index contributed by atoms with van der Waals surface area (Å²) < 4.78 is 6.81. The van der Waals surface area contributed by atoms with Crippen LogP contribution < -0.4 is 15.6 Å². The summed E-state index contributed by atoms with van der Waals surface area (Å²) in [5.74, 6) is 0.609. The number of anilines is 1. The van der Waals surface area contributed by atoms with Gasteiger partial charge < -0.3 is 19.7 Å². The molecule has 2 aromatic carbocycles. The fraction of sp³-hybridized carbons (Fsp3) is 0.0526. The molecule has 25 heavy (non-hydrogen) atoms. The highest BCUT2D eigenvalue weighted by Crippen LogP contribution is 2.22. The maximum atomic E-state index is 12.0. The van der Waals surface area contributed by atoms with E-state index in [-0.39, 0.29) is 12.5 Å². The molecule has 0 unspecified atom stereocenters. The summed E-state index contributed by atoms with van der Waals surface area (Å²) in [4.78, 5) is 23.7. The van der Waals surface area contributed by atoms with Gasteiger partial charge in [-0.05, 0) is 48.5 Å². The van der Waals surface area contributed by atoms with Gasteiger partial charge in [-0.15, -0.1) is 0 Å². The minimum atomic E-state index is -0.607. The zero-order valence-electron chi connectivity index (χ0n) is 13.3. The highest BCUT2D eigenvalue weighted by atomic mass is 16.5. The third-order valence-electron chi connectivity index (χ3n) is 3.43. The first-order valence-corrected chi connectivity index (χ1v) is 7.63. The zero-order chi connectivity index (χ0) is 17.6. The maximum absolute atomic E-state index is 12.0. The second-order valence-corrected chi connectivity index (χ2v) is 5.31. The highest BCUT2D eigenvalue weighted by Gasteiger charge is 2.07. The summed E-state index contributed by atoms with van der Waals surface area (Å²) in [6.07, 6.45) is 1.44. The Hall–Kier alpha value is -3.54. The number of benzene rings is 2. The summed E-state index contributed by atoms with van der Waals surface area (Å²) in [5.41, 5.74) is -0.0251. The predicted molar refractivity (Wildman–Crippen MR) is 94.0 cm³/mol. The number of carbonyl (C=O) groups excluding carboxylic acids is 1. The van der Waals surface area contributed by atoms with Gasteiger partial charge in [0.2, 0.25) is 5.91 Å². The summed E-state index contributed by atoms with van der Waals surface area (Å²) in [7, 11) is 0. The summed E-state index contributed by atoms with van der Waals surface area (Å²) in [6.45, 7) is -0.185. The number of ether oxygens (including phenoxy) is 1. The Morgan fingerprint density at radius 1 is 0.960 bits per heavy atom. The second-order valence-electron chi connectivity index (χ2n) is 5.31. The number of para-hydroxylation sites is 1. The molecule has 3 aromatic rings. The van der Waals surface area contributed by atoms with E-state index >= 15 is 0 Å². The van der Waals surface area contributed by atoms with E-state index in [1.54, 1.807) is 24.3 Å². The minimum absolute atomic E-state index is 0.185. The summed E-state index contributed by atoms with van der Waals surface area (Å²) >= 11 is 0. The molecule has 2 N–H and O–H groups in total. The lowest BCUT2D eigenvalue weighted by molar-refractivity contribution is -0.116. The molecule has 1 heterocycles. The van der Waals surface area contributed by atoms with Crippen LogP contribution in [0.4, 0.5) is 5.69 Å². The second kappa shape index (κ2) is 7.35. The van der Waals surface area contributed by atoms with E-state index in [4.69, 9.17) is 4.74 Å². The van der Waals surface area contributed by atoms with Crippen LogP contribution in [-0.2, 0) is 11.3 Å². The number of nitrogens with zero attached hydrogens (tertiary/aromatic N) is 1. The number of aromatic hydroxyl groups is 1. The molecule has 126 valence electrons. The Labute approximate surface area is 143 Å². The molecule has 1 aromatic heterocycles. The van der Waals surface area contributed by atoms with Gasteiger partial charge in [-0.2, -0.15) is 0 Å². The first-order valence-electron chi connectivity index (χ1n) is 7.63. The quantitative estimate of drug-likeness (QED) is 0.750. The van der Waals surface area contributed by atoms with Gasteiger partial charge in [-0.1, -0.05) is 18.2 Å². The van der Waals surface area contributed by atoms with Crippen LogP contribution in [0.3, 0.4) is 0 Å². The summed E-state index contributed by atoms with van der Waals surface area (Å²) in [6, 6.07) is 19.0. The molecule has 0 saturated heterocycles. The van der Waals surface area contributed by atoms with Crippen molar-refractivity contribution in [3.8, 4) is 17.2 Å². The van der Waals surface area contributed by atoms with Crippen LogP contribution in [-0.4, -0.2) is 15.6 Å². The van der Waals surface area contributed by atoms with Crippen LogP contribution in [0.5, 0.6) is 17.2 Å². The average Bonchev–Trinajstić information content (AvgIpc) is 2.62. The number of hydrogen-bond acceptors (Lipinski definition) is 4. The van der Waals surface area contributed by atoms with E-state index in [9.17, 15) is 14.7 Å². The van der Waals surface area contributed by atoms with Crippen LogP contribution in [0.1, 0.15) is 0 Å². The number of amides is 1. The monoisotopic (exact) mass is 336 g/mol. The van der Waals surface area contributed by atoms with Gasteiger partial charge in [0, 0.05) is 11.9 Å². The molecule has 0 fully saturated rings. The van der Waals surface area contributed by atoms with Crippen LogP contribution in [0.25, 0.3) is 0 Å². The molecule has 0 spiro atoms. The fourth-order valence-corrected chi connectivity index (χ4v) is 2.23. The molecule has 6 nitrogen and oxygen atoms in total. The van der Waals surface area contributed by atoms with Crippen LogP contribution in [0.2, 0.25) is 0 Å². The largest absolute Gasteiger partial charge is 0.503 e. The topological polar surface area (TPSA) is 80.6 Å². The first kappa shape index (κ1) is 16.3. The van der Waals surface area contributed by atoms with Crippen molar-refractivity contribution in [2.45, 2.75) is 6.54 Å². The molecule has 0 bridgehead atoms. The minimum Gasteiger partial charge on any atom is -0.503 e. The number of rotatable bonds is 5. The maximum Gasteiger partial charge on any atom is 0.293 e. The lowest BCUT2D eigenvalue weighted by atomic mass is 10.3. The fourth-order valence-electron chi connectivity index (χ4n) is 2.23. The zero-order valence-corrected chi connectivity index (χ0v) is 13.3.